The molecule has 2 aromatic rings. The van der Waals surface area contributed by atoms with Crippen LogP contribution in [0.1, 0.15) is 62.5 Å². The molecular weight excluding hydrogens is 396 g/mol. The first kappa shape index (κ1) is 20.8. The Morgan fingerprint density at radius 2 is 1.70 bits per heavy atom. The van der Waals surface area contributed by atoms with Gasteiger partial charge < -0.3 is 9.47 Å². The molecule has 0 radical (unpaired) electrons. The summed E-state index contributed by atoms with van der Waals surface area (Å²) in [6, 6.07) is 13.7. The molecule has 4 rings (SSSR count). The molecule has 0 saturated heterocycles. The second-order valence-electron chi connectivity index (χ2n) is 8.27. The van der Waals surface area contributed by atoms with Crippen LogP contribution in [0.15, 0.2) is 42.5 Å². The van der Waals surface area contributed by atoms with Crippen molar-refractivity contribution in [1.29, 1.82) is 0 Å². The van der Waals surface area contributed by atoms with Crippen LogP contribution in [0, 0.1) is 11.8 Å². The number of hydrogen-bond acceptors (Lipinski definition) is 3. The molecular formula is C26H27ClO3. The van der Waals surface area contributed by atoms with Crippen LogP contribution in [0.3, 0.4) is 0 Å². The van der Waals surface area contributed by atoms with Crippen molar-refractivity contribution in [2.24, 2.45) is 0 Å². The molecule has 2 aromatic carbocycles. The largest absolute Gasteiger partial charge is 0.493 e. The number of Topliss-reactive ketones (excluding diaryl/α,β-unsaturated/α-hetero) is 1. The summed E-state index contributed by atoms with van der Waals surface area (Å²) in [5.74, 6) is 8.70. The van der Waals surface area contributed by atoms with Crippen molar-refractivity contribution in [1.82, 2.24) is 0 Å². The van der Waals surface area contributed by atoms with Gasteiger partial charge in [0.25, 0.3) is 0 Å². The molecule has 0 N–H and O–H groups in total. The second kappa shape index (κ2) is 9.14. The standard InChI is InChI=1S/C26H27ClO3/c1-29-24-11-8-20(18-25(24)30-23-4-2-3-5-23)26(16-13-22(28)14-17-26)15-12-19-6-9-21(27)10-7-19/h6-11,18,23H,2-5,13-14,16-17H2,1H3. The van der Waals surface area contributed by atoms with Crippen LogP contribution in [0.25, 0.3) is 0 Å². The van der Waals surface area contributed by atoms with Gasteiger partial charge in [0.05, 0.1) is 18.6 Å². The van der Waals surface area contributed by atoms with Gasteiger partial charge in [0.1, 0.15) is 5.78 Å². The van der Waals surface area contributed by atoms with Gasteiger partial charge in [-0.15, -0.1) is 0 Å². The molecule has 0 unspecified atom stereocenters. The highest BCUT2D eigenvalue weighted by Crippen LogP contribution is 2.42. The predicted octanol–water partition coefficient (Wildman–Crippen LogP) is 6.10. The topological polar surface area (TPSA) is 35.5 Å². The first-order valence-electron chi connectivity index (χ1n) is 10.7. The van der Waals surface area contributed by atoms with Crippen LogP contribution in [-0.4, -0.2) is 19.0 Å². The Morgan fingerprint density at radius 3 is 2.37 bits per heavy atom. The normalized spacial score (nSPS) is 18.5. The number of benzene rings is 2. The molecule has 2 aliphatic rings. The second-order valence-corrected chi connectivity index (χ2v) is 8.70. The quantitative estimate of drug-likeness (QED) is 0.558. The van der Waals surface area contributed by atoms with Crippen molar-refractivity contribution in [3.05, 3.63) is 58.6 Å². The van der Waals surface area contributed by atoms with Gasteiger partial charge in [-0.05, 0) is 80.5 Å². The van der Waals surface area contributed by atoms with Crippen molar-refractivity contribution in [3.63, 3.8) is 0 Å². The Labute approximate surface area is 183 Å². The van der Waals surface area contributed by atoms with E-state index in [0.717, 1.165) is 48.3 Å². The molecule has 156 valence electrons. The Kier molecular flexibility index (Phi) is 6.35. The van der Waals surface area contributed by atoms with E-state index in [1.165, 1.54) is 12.8 Å². The van der Waals surface area contributed by atoms with E-state index in [1.54, 1.807) is 7.11 Å². The van der Waals surface area contributed by atoms with Gasteiger partial charge in [0.2, 0.25) is 0 Å². The van der Waals surface area contributed by atoms with Gasteiger partial charge in [-0.2, -0.15) is 0 Å². The molecule has 0 aliphatic heterocycles. The smallest absolute Gasteiger partial charge is 0.161 e. The van der Waals surface area contributed by atoms with Gasteiger partial charge >= 0.3 is 0 Å². The molecule has 2 aliphatic carbocycles. The molecule has 0 atom stereocenters. The lowest BCUT2D eigenvalue weighted by atomic mass is 9.69. The molecule has 30 heavy (non-hydrogen) atoms. The van der Waals surface area contributed by atoms with Crippen molar-refractivity contribution in [2.75, 3.05) is 7.11 Å². The highest BCUT2D eigenvalue weighted by atomic mass is 35.5. The molecule has 0 heterocycles. The van der Waals surface area contributed by atoms with Crippen molar-refractivity contribution >= 4 is 17.4 Å². The number of rotatable bonds is 4. The average Bonchev–Trinajstić information content (AvgIpc) is 3.28. The molecule has 2 fully saturated rings. The fourth-order valence-electron chi connectivity index (χ4n) is 4.42. The van der Waals surface area contributed by atoms with E-state index in [1.807, 2.05) is 30.3 Å². The van der Waals surface area contributed by atoms with Crippen LogP contribution >= 0.6 is 11.6 Å². The van der Waals surface area contributed by atoms with Crippen LogP contribution in [0.4, 0.5) is 0 Å². The zero-order valence-corrected chi connectivity index (χ0v) is 18.1. The maximum absolute atomic E-state index is 12.0. The molecule has 0 amide bonds. The number of carbonyl (C=O) groups is 1. The summed E-state index contributed by atoms with van der Waals surface area (Å²) in [4.78, 5) is 12.0. The molecule has 3 nitrogen and oxygen atoms in total. The molecule has 0 bridgehead atoms. The SMILES string of the molecule is COc1ccc(C2(C#Cc3ccc(Cl)cc3)CCC(=O)CC2)cc1OC1CCCC1. The van der Waals surface area contributed by atoms with E-state index in [0.29, 0.717) is 23.6 Å². The minimum absolute atomic E-state index is 0.248. The average molecular weight is 423 g/mol. The number of ether oxygens (including phenoxy) is 2. The number of ketones is 1. The first-order chi connectivity index (χ1) is 14.6. The maximum Gasteiger partial charge on any atom is 0.161 e. The third kappa shape index (κ3) is 4.65. The van der Waals surface area contributed by atoms with Crippen molar-refractivity contribution < 1.29 is 14.3 Å². The third-order valence-electron chi connectivity index (χ3n) is 6.26. The summed E-state index contributed by atoms with van der Waals surface area (Å²) in [6.45, 7) is 0. The van der Waals surface area contributed by atoms with Gasteiger partial charge in [-0.1, -0.05) is 29.5 Å². The summed E-state index contributed by atoms with van der Waals surface area (Å²) in [6.07, 6.45) is 7.41. The van der Waals surface area contributed by atoms with Crippen molar-refractivity contribution in [3.8, 4) is 23.3 Å². The Balaban J connectivity index is 1.70. The maximum atomic E-state index is 12.0. The van der Waals surface area contributed by atoms with E-state index < -0.39 is 0 Å². The highest BCUT2D eigenvalue weighted by molar-refractivity contribution is 6.30. The summed E-state index contributed by atoms with van der Waals surface area (Å²) >= 11 is 6.00. The van der Waals surface area contributed by atoms with Gasteiger partial charge in [-0.3, -0.25) is 4.79 Å². The summed E-state index contributed by atoms with van der Waals surface area (Å²) in [7, 11) is 1.67. The lowest BCUT2D eigenvalue weighted by Gasteiger charge is -2.33. The molecule has 0 aromatic heterocycles. The van der Waals surface area contributed by atoms with E-state index in [-0.39, 0.29) is 11.5 Å². The van der Waals surface area contributed by atoms with Crippen molar-refractivity contribution in [2.45, 2.75) is 62.9 Å². The van der Waals surface area contributed by atoms with Crippen LogP contribution in [0.5, 0.6) is 11.5 Å². The zero-order valence-electron chi connectivity index (χ0n) is 17.4. The van der Waals surface area contributed by atoms with Gasteiger partial charge in [0.15, 0.2) is 11.5 Å². The Hall–Kier alpha value is -2.44. The van der Waals surface area contributed by atoms with Crippen LogP contribution in [-0.2, 0) is 10.2 Å². The summed E-state index contributed by atoms with van der Waals surface area (Å²) in [5.41, 5.74) is 1.66. The van der Waals surface area contributed by atoms with E-state index in [2.05, 4.69) is 24.0 Å². The number of carbonyl (C=O) groups excluding carboxylic acids is 1. The minimum Gasteiger partial charge on any atom is -0.493 e. The zero-order chi connectivity index (χ0) is 21.0. The van der Waals surface area contributed by atoms with E-state index in [4.69, 9.17) is 21.1 Å². The molecule has 4 heteroatoms. The van der Waals surface area contributed by atoms with Crippen LogP contribution in [0.2, 0.25) is 5.02 Å². The summed E-state index contributed by atoms with van der Waals surface area (Å²) in [5, 5.41) is 0.697. The highest BCUT2D eigenvalue weighted by Gasteiger charge is 2.36. The fraction of sp³-hybridized carbons (Fsp3) is 0.423. The predicted molar refractivity (Wildman–Crippen MR) is 119 cm³/mol. The fourth-order valence-corrected chi connectivity index (χ4v) is 4.54. The number of halogens is 1. The Morgan fingerprint density at radius 1 is 1.00 bits per heavy atom. The molecule has 2 saturated carbocycles. The van der Waals surface area contributed by atoms with E-state index >= 15 is 0 Å². The Bertz CT molecular complexity index is 952. The van der Waals surface area contributed by atoms with E-state index in [9.17, 15) is 4.79 Å². The van der Waals surface area contributed by atoms with Gasteiger partial charge in [-0.25, -0.2) is 0 Å². The minimum atomic E-state index is -0.367. The van der Waals surface area contributed by atoms with Gasteiger partial charge in [0, 0.05) is 23.4 Å². The number of methoxy groups -OCH3 is 1. The monoisotopic (exact) mass is 422 g/mol. The summed E-state index contributed by atoms with van der Waals surface area (Å²) < 4.78 is 11.9. The first-order valence-corrected chi connectivity index (χ1v) is 11.1. The third-order valence-corrected chi connectivity index (χ3v) is 6.52. The van der Waals surface area contributed by atoms with Crippen LogP contribution < -0.4 is 9.47 Å². The lowest BCUT2D eigenvalue weighted by Crippen LogP contribution is -2.30. The number of hydrogen-bond donors (Lipinski definition) is 0. The molecule has 0 spiro atoms. The lowest BCUT2D eigenvalue weighted by molar-refractivity contribution is -0.120.